The van der Waals surface area contributed by atoms with E-state index in [4.69, 9.17) is 5.73 Å². The Kier molecular flexibility index (Phi) is 3.17. The van der Waals surface area contributed by atoms with Crippen LogP contribution >= 0.6 is 0 Å². The zero-order chi connectivity index (χ0) is 13.1. The van der Waals surface area contributed by atoms with Gasteiger partial charge in [-0.25, -0.2) is 0 Å². The second kappa shape index (κ2) is 5.12. The SMILES string of the molecule is NCc1cccn1-c1ccc(-c2ccccc2)cc1. The van der Waals surface area contributed by atoms with Gasteiger partial charge in [0.1, 0.15) is 0 Å². The van der Waals surface area contributed by atoms with E-state index in [0.717, 1.165) is 11.4 Å². The lowest BCUT2D eigenvalue weighted by Crippen LogP contribution is -2.04. The summed E-state index contributed by atoms with van der Waals surface area (Å²) in [5.41, 5.74) is 10.5. The third kappa shape index (κ3) is 2.30. The summed E-state index contributed by atoms with van der Waals surface area (Å²) in [5, 5.41) is 0. The molecule has 2 nitrogen and oxygen atoms in total. The van der Waals surface area contributed by atoms with Crippen molar-refractivity contribution in [2.24, 2.45) is 5.73 Å². The molecule has 19 heavy (non-hydrogen) atoms. The van der Waals surface area contributed by atoms with Crippen LogP contribution in [0.4, 0.5) is 0 Å². The highest BCUT2D eigenvalue weighted by Gasteiger charge is 2.02. The molecule has 2 aromatic carbocycles. The Balaban J connectivity index is 1.96. The van der Waals surface area contributed by atoms with E-state index in [1.165, 1.54) is 11.1 Å². The fraction of sp³-hybridized carbons (Fsp3) is 0.0588. The van der Waals surface area contributed by atoms with Crippen molar-refractivity contribution in [2.75, 3.05) is 0 Å². The minimum atomic E-state index is 0.549. The van der Waals surface area contributed by atoms with Gasteiger partial charge in [-0.2, -0.15) is 0 Å². The summed E-state index contributed by atoms with van der Waals surface area (Å²) in [5.74, 6) is 0. The molecule has 0 aliphatic heterocycles. The maximum Gasteiger partial charge on any atom is 0.0453 e. The average molecular weight is 248 g/mol. The third-order valence-corrected chi connectivity index (χ3v) is 3.29. The Morgan fingerprint density at radius 3 is 2.11 bits per heavy atom. The standard InChI is InChI=1S/C17H16N2/c18-13-17-7-4-12-19(17)16-10-8-15(9-11-16)14-5-2-1-3-6-14/h1-12H,13,18H2. The lowest BCUT2D eigenvalue weighted by Gasteiger charge is -2.09. The molecule has 0 aliphatic carbocycles. The summed E-state index contributed by atoms with van der Waals surface area (Å²) in [6.07, 6.45) is 2.04. The quantitative estimate of drug-likeness (QED) is 0.754. The minimum absolute atomic E-state index is 0.549. The Labute approximate surface area is 113 Å². The monoisotopic (exact) mass is 248 g/mol. The van der Waals surface area contributed by atoms with E-state index in [0.29, 0.717) is 6.54 Å². The van der Waals surface area contributed by atoms with Crippen molar-refractivity contribution in [1.29, 1.82) is 0 Å². The molecule has 0 atom stereocenters. The first-order chi connectivity index (χ1) is 9.38. The molecular weight excluding hydrogens is 232 g/mol. The van der Waals surface area contributed by atoms with Crippen LogP contribution in [-0.4, -0.2) is 4.57 Å². The van der Waals surface area contributed by atoms with Crippen molar-refractivity contribution >= 4 is 0 Å². The molecule has 3 aromatic rings. The molecule has 1 heterocycles. The van der Waals surface area contributed by atoms with Crippen molar-refractivity contribution in [2.45, 2.75) is 6.54 Å². The van der Waals surface area contributed by atoms with E-state index in [9.17, 15) is 0 Å². The van der Waals surface area contributed by atoms with E-state index in [1.54, 1.807) is 0 Å². The van der Waals surface area contributed by atoms with Gasteiger partial charge in [-0.3, -0.25) is 0 Å². The molecule has 2 N–H and O–H groups in total. The molecule has 0 amide bonds. The van der Waals surface area contributed by atoms with Gasteiger partial charge in [0.25, 0.3) is 0 Å². The van der Waals surface area contributed by atoms with Crippen LogP contribution in [0.15, 0.2) is 72.9 Å². The van der Waals surface area contributed by atoms with Crippen LogP contribution < -0.4 is 5.73 Å². The Bertz CT molecular complexity index is 651. The lowest BCUT2D eigenvalue weighted by atomic mass is 10.1. The maximum absolute atomic E-state index is 5.73. The van der Waals surface area contributed by atoms with Crippen LogP contribution in [0.3, 0.4) is 0 Å². The second-order valence-electron chi connectivity index (χ2n) is 4.49. The van der Waals surface area contributed by atoms with E-state index < -0.39 is 0 Å². The number of hydrogen-bond donors (Lipinski definition) is 1. The lowest BCUT2D eigenvalue weighted by molar-refractivity contribution is 0.912. The number of benzene rings is 2. The molecule has 0 spiro atoms. The normalized spacial score (nSPS) is 10.6. The molecule has 0 unspecified atom stereocenters. The van der Waals surface area contributed by atoms with E-state index in [2.05, 4.69) is 53.1 Å². The number of nitrogens with zero attached hydrogens (tertiary/aromatic N) is 1. The van der Waals surface area contributed by atoms with Gasteiger partial charge in [0.05, 0.1) is 0 Å². The van der Waals surface area contributed by atoms with Crippen LogP contribution in [0, 0.1) is 0 Å². The third-order valence-electron chi connectivity index (χ3n) is 3.29. The summed E-state index contributed by atoms with van der Waals surface area (Å²) in [7, 11) is 0. The van der Waals surface area contributed by atoms with Crippen LogP contribution in [0.2, 0.25) is 0 Å². The molecular formula is C17H16N2. The smallest absolute Gasteiger partial charge is 0.0453 e. The fourth-order valence-corrected chi connectivity index (χ4v) is 2.28. The van der Waals surface area contributed by atoms with Crippen LogP contribution in [-0.2, 0) is 6.54 Å². The van der Waals surface area contributed by atoms with E-state index in [-0.39, 0.29) is 0 Å². The predicted octanol–water partition coefficient (Wildman–Crippen LogP) is 3.60. The van der Waals surface area contributed by atoms with Gasteiger partial charge in [-0.15, -0.1) is 0 Å². The van der Waals surface area contributed by atoms with Gasteiger partial charge in [0.15, 0.2) is 0 Å². The van der Waals surface area contributed by atoms with Gasteiger partial charge < -0.3 is 10.3 Å². The molecule has 0 aliphatic rings. The highest BCUT2D eigenvalue weighted by molar-refractivity contribution is 5.64. The zero-order valence-corrected chi connectivity index (χ0v) is 10.7. The number of hydrogen-bond acceptors (Lipinski definition) is 1. The van der Waals surface area contributed by atoms with Crippen LogP contribution in [0.1, 0.15) is 5.69 Å². The summed E-state index contributed by atoms with van der Waals surface area (Å²) < 4.78 is 2.12. The van der Waals surface area contributed by atoms with E-state index in [1.807, 2.05) is 24.4 Å². The largest absolute Gasteiger partial charge is 0.325 e. The molecule has 1 aromatic heterocycles. The van der Waals surface area contributed by atoms with Crippen molar-refractivity contribution < 1.29 is 0 Å². The highest BCUT2D eigenvalue weighted by Crippen LogP contribution is 2.21. The minimum Gasteiger partial charge on any atom is -0.325 e. The predicted molar refractivity (Wildman–Crippen MR) is 79.1 cm³/mol. The van der Waals surface area contributed by atoms with Gasteiger partial charge >= 0.3 is 0 Å². The highest BCUT2D eigenvalue weighted by atomic mass is 15.0. The fourth-order valence-electron chi connectivity index (χ4n) is 2.28. The van der Waals surface area contributed by atoms with Crippen molar-refractivity contribution in [3.05, 3.63) is 78.6 Å². The molecule has 0 bridgehead atoms. The van der Waals surface area contributed by atoms with Crippen molar-refractivity contribution in [1.82, 2.24) is 4.57 Å². The summed E-state index contributed by atoms with van der Waals surface area (Å²) >= 11 is 0. The number of rotatable bonds is 3. The van der Waals surface area contributed by atoms with Gasteiger partial charge in [0, 0.05) is 24.1 Å². The van der Waals surface area contributed by atoms with Crippen molar-refractivity contribution in [3.8, 4) is 16.8 Å². The second-order valence-corrected chi connectivity index (χ2v) is 4.49. The average Bonchev–Trinajstić information content (AvgIpc) is 2.97. The topological polar surface area (TPSA) is 30.9 Å². The van der Waals surface area contributed by atoms with Gasteiger partial charge in [0.2, 0.25) is 0 Å². The zero-order valence-electron chi connectivity index (χ0n) is 10.7. The summed E-state index contributed by atoms with van der Waals surface area (Å²) in [4.78, 5) is 0. The first kappa shape index (κ1) is 11.8. The molecule has 94 valence electrons. The molecule has 0 saturated heterocycles. The van der Waals surface area contributed by atoms with Crippen molar-refractivity contribution in [3.63, 3.8) is 0 Å². The first-order valence-electron chi connectivity index (χ1n) is 6.40. The molecule has 3 rings (SSSR count). The molecule has 2 heteroatoms. The Hall–Kier alpha value is -2.32. The molecule has 0 fully saturated rings. The molecule has 0 radical (unpaired) electrons. The Morgan fingerprint density at radius 2 is 1.42 bits per heavy atom. The van der Waals surface area contributed by atoms with Gasteiger partial charge in [-0.1, -0.05) is 42.5 Å². The summed E-state index contributed by atoms with van der Waals surface area (Å²) in [6, 6.07) is 23.0. The Morgan fingerprint density at radius 1 is 0.737 bits per heavy atom. The van der Waals surface area contributed by atoms with Crippen LogP contribution in [0.5, 0.6) is 0 Å². The van der Waals surface area contributed by atoms with Gasteiger partial charge in [-0.05, 0) is 35.4 Å². The first-order valence-corrected chi connectivity index (χ1v) is 6.40. The molecule has 0 saturated carbocycles. The van der Waals surface area contributed by atoms with Crippen LogP contribution in [0.25, 0.3) is 16.8 Å². The summed E-state index contributed by atoms with van der Waals surface area (Å²) in [6.45, 7) is 0.549. The van der Waals surface area contributed by atoms with E-state index >= 15 is 0 Å². The number of nitrogens with two attached hydrogens (primary N) is 1. The number of aromatic nitrogens is 1. The maximum atomic E-state index is 5.73.